The first-order chi connectivity index (χ1) is 16.7. The van der Waals surface area contributed by atoms with Crippen molar-refractivity contribution in [3.05, 3.63) is 90.7 Å². The summed E-state index contributed by atoms with van der Waals surface area (Å²) >= 11 is 6.89. The highest BCUT2D eigenvalue weighted by Crippen LogP contribution is 2.30. The summed E-state index contributed by atoms with van der Waals surface area (Å²) in [5.41, 5.74) is 0.967. The Morgan fingerprint density at radius 1 is 1.17 bits per heavy atom. The lowest BCUT2D eigenvalue weighted by Gasteiger charge is -2.16. The molecule has 0 bridgehead atoms. The molecule has 2 N–H and O–H groups in total. The standard InChI is InChI=1S/C23H20ClN5O5S/c1-3-28-21(32)27-20(29(23(28)33)12-14-4-6-15(24)7-5-14)26-16-8-9-17(13(2)10-16)34-22-25-11-18(35-22)19(30)31/h4-11H,3,12H2,1-2H3,(H,30,31)(H,26,27,32). The number of halogens is 1. The number of aryl methyl sites for hydroxylation is 1. The number of nitrogens with one attached hydrogen (secondary N) is 1. The van der Waals surface area contributed by atoms with Crippen molar-refractivity contribution < 1.29 is 14.6 Å². The molecule has 0 saturated heterocycles. The van der Waals surface area contributed by atoms with E-state index in [2.05, 4.69) is 15.3 Å². The van der Waals surface area contributed by atoms with Crippen LogP contribution in [0.15, 0.2) is 58.3 Å². The number of rotatable bonds is 8. The first kappa shape index (κ1) is 24.2. The Morgan fingerprint density at radius 3 is 2.54 bits per heavy atom. The third-order valence-electron chi connectivity index (χ3n) is 5.04. The lowest BCUT2D eigenvalue weighted by molar-refractivity contribution is 0.0702. The molecule has 0 radical (unpaired) electrons. The van der Waals surface area contributed by atoms with Crippen LogP contribution in [0.4, 0.5) is 11.6 Å². The third kappa shape index (κ3) is 5.42. The Bertz CT molecular complexity index is 1510. The van der Waals surface area contributed by atoms with Gasteiger partial charge in [-0.25, -0.2) is 23.9 Å². The molecule has 2 aromatic heterocycles. The van der Waals surface area contributed by atoms with Crippen molar-refractivity contribution in [2.45, 2.75) is 26.9 Å². The van der Waals surface area contributed by atoms with Crippen LogP contribution in [-0.4, -0.2) is 30.2 Å². The van der Waals surface area contributed by atoms with Gasteiger partial charge in [0.25, 0.3) is 5.19 Å². The minimum Gasteiger partial charge on any atom is -0.477 e. The van der Waals surface area contributed by atoms with Crippen LogP contribution in [0.5, 0.6) is 10.9 Å². The summed E-state index contributed by atoms with van der Waals surface area (Å²) in [6, 6.07) is 12.2. The van der Waals surface area contributed by atoms with Crippen molar-refractivity contribution in [1.29, 1.82) is 0 Å². The van der Waals surface area contributed by atoms with E-state index in [0.29, 0.717) is 16.5 Å². The van der Waals surface area contributed by atoms with Gasteiger partial charge in [0, 0.05) is 17.3 Å². The van der Waals surface area contributed by atoms with E-state index in [1.165, 1.54) is 10.8 Å². The maximum atomic E-state index is 13.0. The lowest BCUT2D eigenvalue weighted by Crippen LogP contribution is -2.42. The van der Waals surface area contributed by atoms with Crippen molar-refractivity contribution in [2.24, 2.45) is 0 Å². The molecule has 0 unspecified atom stereocenters. The van der Waals surface area contributed by atoms with Gasteiger partial charge in [-0.05, 0) is 55.3 Å². The van der Waals surface area contributed by atoms with E-state index in [1.807, 2.05) is 0 Å². The summed E-state index contributed by atoms with van der Waals surface area (Å²) in [4.78, 5) is 44.6. The van der Waals surface area contributed by atoms with Crippen LogP contribution in [0.1, 0.15) is 27.7 Å². The zero-order valence-electron chi connectivity index (χ0n) is 18.7. The number of anilines is 2. The number of carboxylic acid groups (broad SMARTS) is 1. The second-order valence-corrected chi connectivity index (χ2v) is 8.89. The van der Waals surface area contributed by atoms with Crippen molar-refractivity contribution in [1.82, 2.24) is 19.1 Å². The molecular formula is C23H20ClN5O5S. The van der Waals surface area contributed by atoms with Crippen molar-refractivity contribution >= 4 is 40.5 Å². The van der Waals surface area contributed by atoms with E-state index in [4.69, 9.17) is 21.4 Å². The summed E-state index contributed by atoms with van der Waals surface area (Å²) in [6.07, 6.45) is 1.23. The van der Waals surface area contributed by atoms with Crippen LogP contribution in [-0.2, 0) is 13.1 Å². The second kappa shape index (κ2) is 10.1. The quantitative estimate of drug-likeness (QED) is 0.360. The Kier molecular flexibility index (Phi) is 6.99. The number of hydrogen-bond donors (Lipinski definition) is 2. The number of thiazole rings is 1. The van der Waals surface area contributed by atoms with Gasteiger partial charge in [0.2, 0.25) is 5.95 Å². The molecule has 0 aliphatic rings. The zero-order chi connectivity index (χ0) is 25.1. The minimum atomic E-state index is -1.07. The van der Waals surface area contributed by atoms with Crippen LogP contribution in [0.3, 0.4) is 0 Å². The highest BCUT2D eigenvalue weighted by atomic mass is 35.5. The first-order valence-electron chi connectivity index (χ1n) is 10.5. The summed E-state index contributed by atoms with van der Waals surface area (Å²) < 4.78 is 8.15. The van der Waals surface area contributed by atoms with Gasteiger partial charge in [0.15, 0.2) is 0 Å². The van der Waals surface area contributed by atoms with Gasteiger partial charge in [-0.3, -0.25) is 4.57 Å². The summed E-state index contributed by atoms with van der Waals surface area (Å²) in [7, 11) is 0. The van der Waals surface area contributed by atoms with Crippen LogP contribution in [0, 0.1) is 6.92 Å². The molecule has 2 heterocycles. The molecule has 4 aromatic rings. The van der Waals surface area contributed by atoms with Gasteiger partial charge in [0.1, 0.15) is 10.6 Å². The maximum Gasteiger partial charge on any atom is 0.354 e. The van der Waals surface area contributed by atoms with Gasteiger partial charge in [-0.2, -0.15) is 4.98 Å². The molecule has 0 amide bonds. The van der Waals surface area contributed by atoms with Crippen LogP contribution >= 0.6 is 22.9 Å². The zero-order valence-corrected chi connectivity index (χ0v) is 20.3. The van der Waals surface area contributed by atoms with E-state index >= 15 is 0 Å². The van der Waals surface area contributed by atoms with E-state index < -0.39 is 17.3 Å². The van der Waals surface area contributed by atoms with Crippen molar-refractivity contribution in [3.8, 4) is 10.9 Å². The van der Waals surface area contributed by atoms with E-state index in [1.54, 1.807) is 56.3 Å². The number of carbonyl (C=O) groups is 1. The Balaban J connectivity index is 1.64. The number of ether oxygens (including phenoxy) is 1. The molecule has 180 valence electrons. The average Bonchev–Trinajstić information content (AvgIpc) is 3.29. The Labute approximate surface area is 208 Å². The molecule has 0 spiro atoms. The third-order valence-corrected chi connectivity index (χ3v) is 6.16. The average molecular weight is 514 g/mol. The minimum absolute atomic E-state index is 0.0717. The number of nitrogens with zero attached hydrogens (tertiary/aromatic N) is 4. The fourth-order valence-electron chi connectivity index (χ4n) is 3.28. The van der Waals surface area contributed by atoms with Gasteiger partial charge >= 0.3 is 17.3 Å². The monoisotopic (exact) mass is 513 g/mol. The summed E-state index contributed by atoms with van der Waals surface area (Å²) in [5.74, 6) is -0.496. The first-order valence-corrected chi connectivity index (χ1v) is 11.7. The molecule has 0 aliphatic carbocycles. The van der Waals surface area contributed by atoms with E-state index in [0.717, 1.165) is 27.0 Å². The molecule has 0 aliphatic heterocycles. The van der Waals surface area contributed by atoms with Gasteiger partial charge in [-0.15, -0.1) is 0 Å². The number of carboxylic acids is 1. The lowest BCUT2D eigenvalue weighted by atomic mass is 10.2. The maximum absolute atomic E-state index is 13.0. The molecule has 0 saturated carbocycles. The Morgan fingerprint density at radius 2 is 1.91 bits per heavy atom. The molecule has 12 heteroatoms. The fourth-order valence-corrected chi connectivity index (χ4v) is 4.02. The van der Waals surface area contributed by atoms with Crippen LogP contribution < -0.4 is 21.4 Å². The fraction of sp³-hybridized carbons (Fsp3) is 0.174. The Hall–Kier alpha value is -3.96. The van der Waals surface area contributed by atoms with Gasteiger partial charge in [-0.1, -0.05) is 35.1 Å². The molecule has 35 heavy (non-hydrogen) atoms. The normalized spacial score (nSPS) is 10.8. The highest BCUT2D eigenvalue weighted by molar-refractivity contribution is 7.15. The number of aromatic nitrogens is 4. The van der Waals surface area contributed by atoms with Crippen molar-refractivity contribution in [3.63, 3.8) is 0 Å². The number of hydrogen-bond acceptors (Lipinski definition) is 8. The van der Waals surface area contributed by atoms with E-state index in [9.17, 15) is 14.4 Å². The molecule has 10 nitrogen and oxygen atoms in total. The number of benzene rings is 2. The highest BCUT2D eigenvalue weighted by Gasteiger charge is 2.15. The molecule has 2 aromatic carbocycles. The molecular weight excluding hydrogens is 494 g/mol. The van der Waals surface area contributed by atoms with Gasteiger partial charge < -0.3 is 15.2 Å². The van der Waals surface area contributed by atoms with Crippen LogP contribution in [0.2, 0.25) is 5.02 Å². The summed E-state index contributed by atoms with van der Waals surface area (Å²) in [5, 5.41) is 12.9. The SMILES string of the molecule is CCn1c(=O)nc(Nc2ccc(Oc3ncc(C(=O)O)s3)c(C)c2)n(Cc2ccc(Cl)cc2)c1=O. The summed E-state index contributed by atoms with van der Waals surface area (Å²) in [6.45, 7) is 3.88. The van der Waals surface area contributed by atoms with Crippen LogP contribution in [0.25, 0.3) is 0 Å². The van der Waals surface area contributed by atoms with E-state index in [-0.39, 0.29) is 29.1 Å². The predicted molar refractivity (Wildman–Crippen MR) is 133 cm³/mol. The molecule has 0 fully saturated rings. The van der Waals surface area contributed by atoms with Gasteiger partial charge in [0.05, 0.1) is 12.7 Å². The topological polar surface area (TPSA) is 128 Å². The molecule has 0 atom stereocenters. The van der Waals surface area contributed by atoms with Crippen molar-refractivity contribution in [2.75, 3.05) is 5.32 Å². The predicted octanol–water partition coefficient (Wildman–Crippen LogP) is 4.13. The smallest absolute Gasteiger partial charge is 0.354 e. The number of aromatic carboxylic acids is 1. The molecule has 4 rings (SSSR count). The second-order valence-electron chi connectivity index (χ2n) is 7.46. The largest absolute Gasteiger partial charge is 0.477 e.